The number of pyridine rings is 1. The fourth-order valence-corrected chi connectivity index (χ4v) is 1.70. The highest BCUT2D eigenvalue weighted by Crippen LogP contribution is 2.29. The third-order valence-corrected chi connectivity index (χ3v) is 2.77. The van der Waals surface area contributed by atoms with E-state index < -0.39 is 29.0 Å². The molecule has 20 heavy (non-hydrogen) atoms. The van der Waals surface area contributed by atoms with Crippen molar-refractivity contribution in [2.24, 2.45) is 0 Å². The summed E-state index contributed by atoms with van der Waals surface area (Å²) in [7, 11) is 0. The fourth-order valence-electron chi connectivity index (χ4n) is 1.70. The number of hydrogen-bond acceptors (Lipinski definition) is 3. The van der Waals surface area contributed by atoms with E-state index in [4.69, 9.17) is 4.74 Å². The van der Waals surface area contributed by atoms with Gasteiger partial charge in [-0.3, -0.25) is 4.79 Å². The molecule has 1 aliphatic rings. The minimum Gasteiger partial charge on any atom is -0.378 e. The number of carbonyl (C=O) groups is 1. The number of morpholine rings is 1. The smallest absolute Gasteiger partial charge is 0.378 e. The molecule has 2 heterocycles. The predicted octanol–water partition coefficient (Wildman–Crippen LogP) is 1.26. The van der Waals surface area contributed by atoms with E-state index in [1.807, 2.05) is 4.98 Å². The van der Waals surface area contributed by atoms with Gasteiger partial charge in [0.2, 0.25) is 0 Å². The van der Waals surface area contributed by atoms with Crippen LogP contribution < -0.4 is 10.9 Å². The van der Waals surface area contributed by atoms with Crippen molar-refractivity contribution >= 4 is 11.7 Å². The van der Waals surface area contributed by atoms with Crippen LogP contribution >= 0.6 is 0 Å². The Bertz CT molecular complexity index is 550. The number of hydrogen-bond donors (Lipinski definition) is 2. The van der Waals surface area contributed by atoms with Crippen LogP contribution in [0.2, 0.25) is 0 Å². The molecule has 0 saturated carbocycles. The molecule has 2 rings (SSSR count). The van der Waals surface area contributed by atoms with Crippen molar-refractivity contribution in [1.29, 1.82) is 0 Å². The number of amides is 2. The molecule has 0 aromatic carbocycles. The number of carbonyl (C=O) groups excluding carboxylic acids is 1. The van der Waals surface area contributed by atoms with Gasteiger partial charge in [-0.2, -0.15) is 13.2 Å². The largest absolute Gasteiger partial charge is 0.417 e. The Morgan fingerprint density at radius 3 is 2.60 bits per heavy atom. The normalized spacial score (nSPS) is 16.1. The first-order valence-electron chi connectivity index (χ1n) is 5.81. The maximum absolute atomic E-state index is 12.5. The van der Waals surface area contributed by atoms with Crippen molar-refractivity contribution < 1.29 is 22.7 Å². The molecular weight excluding hydrogens is 279 g/mol. The first-order chi connectivity index (χ1) is 9.38. The number of rotatable bonds is 1. The molecule has 0 aliphatic carbocycles. The summed E-state index contributed by atoms with van der Waals surface area (Å²) >= 11 is 0. The van der Waals surface area contributed by atoms with Crippen molar-refractivity contribution in [1.82, 2.24) is 9.88 Å². The van der Waals surface area contributed by atoms with Gasteiger partial charge in [0.1, 0.15) is 5.69 Å². The summed E-state index contributed by atoms with van der Waals surface area (Å²) < 4.78 is 42.6. The highest BCUT2D eigenvalue weighted by atomic mass is 19.4. The highest BCUT2D eigenvalue weighted by molar-refractivity contribution is 5.89. The zero-order valence-electron chi connectivity index (χ0n) is 10.3. The van der Waals surface area contributed by atoms with Crippen molar-refractivity contribution in [2.45, 2.75) is 6.18 Å². The van der Waals surface area contributed by atoms with E-state index in [0.717, 1.165) is 0 Å². The molecular formula is C11H12F3N3O3. The average Bonchev–Trinajstić information content (AvgIpc) is 2.41. The van der Waals surface area contributed by atoms with Crippen LogP contribution in [-0.2, 0) is 10.9 Å². The van der Waals surface area contributed by atoms with Crippen LogP contribution in [0, 0.1) is 0 Å². The summed E-state index contributed by atoms with van der Waals surface area (Å²) in [4.78, 5) is 26.6. The highest BCUT2D eigenvalue weighted by Gasteiger charge is 2.31. The Hall–Kier alpha value is -2.03. The molecule has 9 heteroatoms. The molecule has 1 aromatic heterocycles. The molecule has 1 saturated heterocycles. The number of ether oxygens (including phenoxy) is 1. The summed E-state index contributed by atoms with van der Waals surface area (Å²) in [6, 6.07) is -0.0184. The molecule has 0 radical (unpaired) electrons. The second kappa shape index (κ2) is 5.53. The Labute approximate surface area is 111 Å². The third kappa shape index (κ3) is 3.29. The molecule has 1 aromatic rings. The first-order valence-corrected chi connectivity index (χ1v) is 5.81. The minimum absolute atomic E-state index is 0.322. The van der Waals surface area contributed by atoms with Gasteiger partial charge in [-0.25, -0.2) is 4.79 Å². The lowest BCUT2D eigenvalue weighted by molar-refractivity contribution is -0.137. The number of nitrogens with zero attached hydrogens (tertiary/aromatic N) is 1. The van der Waals surface area contributed by atoms with E-state index in [1.165, 1.54) is 4.90 Å². The molecule has 1 aliphatic heterocycles. The van der Waals surface area contributed by atoms with Gasteiger partial charge in [0.25, 0.3) is 5.56 Å². The van der Waals surface area contributed by atoms with E-state index in [9.17, 15) is 22.8 Å². The van der Waals surface area contributed by atoms with Crippen molar-refractivity contribution in [3.05, 3.63) is 28.2 Å². The lowest BCUT2D eigenvalue weighted by atomic mass is 10.2. The molecule has 2 amide bonds. The van der Waals surface area contributed by atoms with Gasteiger partial charge in [0.05, 0.1) is 18.8 Å². The van der Waals surface area contributed by atoms with Gasteiger partial charge in [-0.15, -0.1) is 0 Å². The van der Waals surface area contributed by atoms with Crippen LogP contribution in [0.1, 0.15) is 5.56 Å². The lowest BCUT2D eigenvalue weighted by Crippen LogP contribution is -2.43. The topological polar surface area (TPSA) is 74.4 Å². The second-order valence-corrected chi connectivity index (χ2v) is 4.16. The minimum atomic E-state index is -4.59. The summed E-state index contributed by atoms with van der Waals surface area (Å²) in [6.07, 6.45) is -4.03. The van der Waals surface area contributed by atoms with Crippen molar-refractivity contribution in [3.8, 4) is 0 Å². The second-order valence-electron chi connectivity index (χ2n) is 4.16. The van der Waals surface area contributed by atoms with Gasteiger partial charge in [-0.05, 0) is 6.07 Å². The predicted molar refractivity (Wildman–Crippen MR) is 63.5 cm³/mol. The monoisotopic (exact) mass is 291 g/mol. The van der Waals surface area contributed by atoms with E-state index in [1.54, 1.807) is 0 Å². The maximum atomic E-state index is 12.5. The number of urea groups is 1. The summed E-state index contributed by atoms with van der Waals surface area (Å²) in [5, 5.41) is 2.18. The number of aromatic amines is 1. The quantitative estimate of drug-likeness (QED) is 0.818. The van der Waals surface area contributed by atoms with Crippen LogP contribution in [0.5, 0.6) is 0 Å². The summed E-state index contributed by atoms with van der Waals surface area (Å²) in [5.41, 5.74) is -2.26. The Morgan fingerprint density at radius 1 is 1.35 bits per heavy atom. The summed E-state index contributed by atoms with van der Waals surface area (Å²) in [6.45, 7) is 1.35. The maximum Gasteiger partial charge on any atom is 0.417 e. The molecule has 0 spiro atoms. The van der Waals surface area contributed by atoms with Crippen LogP contribution in [0.15, 0.2) is 17.1 Å². The Balaban J connectivity index is 2.16. The molecule has 110 valence electrons. The molecule has 1 fully saturated rings. The standard InChI is InChI=1S/C11H12F3N3O3/c12-11(13,14)7-5-8(9(18)15-6-7)16-10(19)17-1-3-20-4-2-17/h5-6H,1-4H2,(H,15,18)(H,16,19). The number of nitrogens with one attached hydrogen (secondary N) is 2. The number of aromatic nitrogens is 1. The van der Waals surface area contributed by atoms with Crippen LogP contribution in [0.25, 0.3) is 0 Å². The first kappa shape index (κ1) is 14.4. The van der Waals surface area contributed by atoms with Gasteiger partial charge >= 0.3 is 12.2 Å². The molecule has 2 N–H and O–H groups in total. The SMILES string of the molecule is O=C(Nc1cc(C(F)(F)F)c[nH]c1=O)N1CCOCC1. The van der Waals surface area contributed by atoms with Crippen LogP contribution in [0.4, 0.5) is 23.7 Å². The summed E-state index contributed by atoms with van der Waals surface area (Å²) in [5.74, 6) is 0. The fraction of sp³-hybridized carbons (Fsp3) is 0.455. The lowest BCUT2D eigenvalue weighted by Gasteiger charge is -2.26. The van der Waals surface area contributed by atoms with E-state index in [2.05, 4.69) is 5.32 Å². The zero-order valence-corrected chi connectivity index (χ0v) is 10.3. The zero-order chi connectivity index (χ0) is 14.8. The Kier molecular flexibility index (Phi) is 3.98. The van der Waals surface area contributed by atoms with Gasteiger partial charge in [-0.1, -0.05) is 0 Å². The van der Waals surface area contributed by atoms with Gasteiger partial charge < -0.3 is 19.9 Å². The van der Waals surface area contributed by atoms with E-state index in [0.29, 0.717) is 38.6 Å². The number of anilines is 1. The van der Waals surface area contributed by atoms with Crippen molar-refractivity contribution in [2.75, 3.05) is 31.6 Å². The van der Waals surface area contributed by atoms with Gasteiger partial charge in [0.15, 0.2) is 0 Å². The number of alkyl halides is 3. The van der Waals surface area contributed by atoms with Crippen molar-refractivity contribution in [3.63, 3.8) is 0 Å². The third-order valence-electron chi connectivity index (χ3n) is 2.77. The molecule has 0 bridgehead atoms. The Morgan fingerprint density at radius 2 is 2.00 bits per heavy atom. The molecule has 6 nitrogen and oxygen atoms in total. The molecule has 0 atom stereocenters. The number of halogens is 3. The van der Waals surface area contributed by atoms with Gasteiger partial charge in [0, 0.05) is 19.3 Å². The number of H-pyrrole nitrogens is 1. The van der Waals surface area contributed by atoms with E-state index in [-0.39, 0.29) is 0 Å². The average molecular weight is 291 g/mol. The van der Waals surface area contributed by atoms with Crippen LogP contribution in [0.3, 0.4) is 0 Å². The molecule has 0 unspecified atom stereocenters. The van der Waals surface area contributed by atoms with E-state index >= 15 is 0 Å². The van der Waals surface area contributed by atoms with Crippen LogP contribution in [-0.4, -0.2) is 42.2 Å².